The Morgan fingerprint density at radius 3 is 2.45 bits per heavy atom. The minimum atomic E-state index is -4.75. The molecule has 0 fully saturated rings. The number of rotatable bonds is 5. The van der Waals surface area contributed by atoms with Gasteiger partial charge in [0.05, 0.1) is 12.0 Å². The Kier molecular flexibility index (Phi) is 4.59. The number of amides is 1. The molecule has 1 aromatic carbocycles. The topological polar surface area (TPSA) is 89.6 Å². The second-order valence-electron chi connectivity index (χ2n) is 4.10. The molecule has 0 saturated carbocycles. The average molecular weight is 291 g/mol. The summed E-state index contributed by atoms with van der Waals surface area (Å²) in [5, 5.41) is 8.54. The zero-order chi connectivity index (χ0) is 15.5. The van der Waals surface area contributed by atoms with Crippen molar-refractivity contribution in [3.05, 3.63) is 29.3 Å². The first-order chi connectivity index (χ1) is 9.11. The summed E-state index contributed by atoms with van der Waals surface area (Å²) in [6, 6.07) is 2.60. The molecule has 8 heteroatoms. The smallest absolute Gasteiger partial charge is 0.419 e. The number of carbonyl (C=O) groups excluding carboxylic acids is 1. The Bertz CT molecular complexity index is 528. The van der Waals surface area contributed by atoms with Crippen molar-refractivity contribution in [1.29, 1.82) is 0 Å². The third-order valence-electron chi connectivity index (χ3n) is 2.36. The molecule has 0 heterocycles. The number of nitrogens with two attached hydrogens (primary N) is 1. The van der Waals surface area contributed by atoms with Crippen LogP contribution in [0.3, 0.4) is 0 Å². The first kappa shape index (κ1) is 15.8. The van der Waals surface area contributed by atoms with Gasteiger partial charge in [0.1, 0.15) is 11.9 Å². The predicted octanol–water partition coefficient (Wildman–Crippen LogP) is 2.05. The maximum atomic E-state index is 12.9. The van der Waals surface area contributed by atoms with Gasteiger partial charge in [-0.2, -0.15) is 13.2 Å². The summed E-state index contributed by atoms with van der Waals surface area (Å²) < 4.78 is 43.5. The van der Waals surface area contributed by atoms with E-state index in [0.29, 0.717) is 6.07 Å². The number of hydrogen-bond donors (Lipinski definition) is 2. The molecule has 0 spiro atoms. The highest BCUT2D eigenvalue weighted by Crippen LogP contribution is 2.37. The van der Waals surface area contributed by atoms with E-state index in [1.54, 1.807) is 0 Å². The number of aliphatic carboxylic acids is 1. The number of halogens is 3. The average Bonchev–Trinajstić information content (AvgIpc) is 2.26. The molecule has 0 saturated heterocycles. The first-order valence-corrected chi connectivity index (χ1v) is 5.50. The van der Waals surface area contributed by atoms with Crippen molar-refractivity contribution in [3.63, 3.8) is 0 Å². The van der Waals surface area contributed by atoms with Crippen molar-refractivity contribution in [3.8, 4) is 5.75 Å². The summed E-state index contributed by atoms with van der Waals surface area (Å²) in [4.78, 5) is 21.4. The fourth-order valence-electron chi connectivity index (χ4n) is 1.51. The Morgan fingerprint density at radius 1 is 1.40 bits per heavy atom. The number of primary amides is 1. The third kappa shape index (κ3) is 4.15. The van der Waals surface area contributed by atoms with Crippen molar-refractivity contribution < 1.29 is 32.6 Å². The van der Waals surface area contributed by atoms with E-state index >= 15 is 0 Å². The summed E-state index contributed by atoms with van der Waals surface area (Å²) in [7, 11) is 0. The van der Waals surface area contributed by atoms with Gasteiger partial charge >= 0.3 is 12.1 Å². The highest BCUT2D eigenvalue weighted by Gasteiger charge is 2.35. The molecule has 0 aliphatic carbocycles. The van der Waals surface area contributed by atoms with Gasteiger partial charge in [-0.15, -0.1) is 0 Å². The zero-order valence-electron chi connectivity index (χ0n) is 10.4. The summed E-state index contributed by atoms with van der Waals surface area (Å²) in [5.74, 6) is -2.74. The fraction of sp³-hybridized carbons (Fsp3) is 0.333. The van der Waals surface area contributed by atoms with Crippen LogP contribution in [0.4, 0.5) is 13.2 Å². The Balaban J connectivity index is 3.12. The van der Waals surface area contributed by atoms with Crippen LogP contribution < -0.4 is 10.5 Å². The van der Waals surface area contributed by atoms with E-state index in [1.807, 2.05) is 0 Å². The highest BCUT2D eigenvalue weighted by molar-refractivity contribution is 5.93. The van der Waals surface area contributed by atoms with Crippen molar-refractivity contribution in [2.75, 3.05) is 0 Å². The van der Waals surface area contributed by atoms with Crippen LogP contribution in [0.25, 0.3) is 0 Å². The molecule has 0 unspecified atom stereocenters. The van der Waals surface area contributed by atoms with Gasteiger partial charge in [-0.05, 0) is 25.1 Å². The van der Waals surface area contributed by atoms with E-state index in [0.717, 1.165) is 12.1 Å². The minimum Gasteiger partial charge on any atom is -0.489 e. The van der Waals surface area contributed by atoms with Gasteiger partial charge in [0.15, 0.2) is 0 Å². The lowest BCUT2D eigenvalue weighted by Crippen LogP contribution is -2.20. The predicted molar refractivity (Wildman–Crippen MR) is 62.3 cm³/mol. The van der Waals surface area contributed by atoms with Crippen molar-refractivity contribution >= 4 is 11.9 Å². The van der Waals surface area contributed by atoms with E-state index in [9.17, 15) is 22.8 Å². The fourth-order valence-corrected chi connectivity index (χ4v) is 1.51. The maximum Gasteiger partial charge on any atom is 0.419 e. The normalized spacial score (nSPS) is 12.8. The summed E-state index contributed by atoms with van der Waals surface area (Å²) in [6.45, 7) is 1.33. The number of carbonyl (C=O) groups is 2. The lowest BCUT2D eigenvalue weighted by atomic mass is 10.1. The monoisotopic (exact) mass is 291 g/mol. The number of alkyl halides is 3. The van der Waals surface area contributed by atoms with Crippen LogP contribution in [0.2, 0.25) is 0 Å². The van der Waals surface area contributed by atoms with Crippen LogP contribution >= 0.6 is 0 Å². The molecule has 1 amide bonds. The van der Waals surface area contributed by atoms with Gasteiger partial charge in [-0.3, -0.25) is 9.59 Å². The van der Waals surface area contributed by atoms with Crippen molar-refractivity contribution in [2.45, 2.75) is 25.6 Å². The number of carboxylic acids is 1. The molecule has 0 bridgehead atoms. The summed E-state index contributed by atoms with van der Waals surface area (Å²) in [6.07, 6.45) is -6.15. The summed E-state index contributed by atoms with van der Waals surface area (Å²) in [5.41, 5.74) is 3.43. The Morgan fingerprint density at radius 2 is 2.00 bits per heavy atom. The lowest BCUT2D eigenvalue weighted by molar-refractivity contribution is -0.140. The first-order valence-electron chi connectivity index (χ1n) is 5.50. The van der Waals surface area contributed by atoms with Crippen LogP contribution in [0.5, 0.6) is 5.75 Å². The van der Waals surface area contributed by atoms with Crippen LogP contribution in [-0.2, 0) is 11.0 Å². The molecule has 0 aliphatic rings. The number of ether oxygens (including phenoxy) is 1. The second kappa shape index (κ2) is 5.81. The molecule has 0 radical (unpaired) electrons. The molecular formula is C12H12F3NO4. The molecule has 5 nitrogen and oxygen atoms in total. The second-order valence-corrected chi connectivity index (χ2v) is 4.10. The van der Waals surface area contributed by atoms with Gasteiger partial charge in [-0.1, -0.05) is 0 Å². The SMILES string of the molecule is C[C@@H](CC(=O)O)Oc1ccc(C(N)=O)cc1C(F)(F)F. The zero-order valence-corrected chi connectivity index (χ0v) is 10.4. The maximum absolute atomic E-state index is 12.9. The largest absolute Gasteiger partial charge is 0.489 e. The van der Waals surface area contributed by atoms with Crippen molar-refractivity contribution in [1.82, 2.24) is 0 Å². The molecular weight excluding hydrogens is 279 g/mol. The number of benzene rings is 1. The molecule has 1 aromatic rings. The molecule has 1 atom stereocenters. The summed E-state index contributed by atoms with van der Waals surface area (Å²) >= 11 is 0. The molecule has 0 aliphatic heterocycles. The lowest BCUT2D eigenvalue weighted by Gasteiger charge is -2.18. The van der Waals surface area contributed by atoms with Crippen LogP contribution in [0.1, 0.15) is 29.3 Å². The van der Waals surface area contributed by atoms with Gasteiger partial charge in [0, 0.05) is 5.56 Å². The Hall–Kier alpha value is -2.25. The van der Waals surface area contributed by atoms with Crippen LogP contribution in [0.15, 0.2) is 18.2 Å². The number of hydrogen-bond acceptors (Lipinski definition) is 3. The standard InChI is InChI=1S/C12H12F3NO4/c1-6(4-10(17)18)20-9-3-2-7(11(16)19)5-8(9)12(13,14)15/h2-3,5-6H,4H2,1H3,(H2,16,19)(H,17,18)/t6-/m0/s1. The molecule has 0 aromatic heterocycles. The van der Waals surface area contributed by atoms with E-state index in [-0.39, 0.29) is 5.56 Å². The van der Waals surface area contributed by atoms with E-state index in [2.05, 4.69) is 0 Å². The molecule has 3 N–H and O–H groups in total. The van der Waals surface area contributed by atoms with E-state index in [4.69, 9.17) is 15.6 Å². The van der Waals surface area contributed by atoms with Gasteiger partial charge in [0.2, 0.25) is 5.91 Å². The van der Waals surface area contributed by atoms with Gasteiger partial charge in [0.25, 0.3) is 0 Å². The van der Waals surface area contributed by atoms with Crippen LogP contribution in [-0.4, -0.2) is 23.1 Å². The highest BCUT2D eigenvalue weighted by atomic mass is 19.4. The third-order valence-corrected chi connectivity index (χ3v) is 2.36. The van der Waals surface area contributed by atoms with E-state index < -0.39 is 41.9 Å². The molecule has 20 heavy (non-hydrogen) atoms. The van der Waals surface area contributed by atoms with Gasteiger partial charge in [-0.25, -0.2) is 0 Å². The van der Waals surface area contributed by atoms with Gasteiger partial charge < -0.3 is 15.6 Å². The van der Waals surface area contributed by atoms with Crippen molar-refractivity contribution in [2.24, 2.45) is 5.73 Å². The minimum absolute atomic E-state index is 0.310. The quantitative estimate of drug-likeness (QED) is 0.868. The number of carboxylic acid groups (broad SMARTS) is 1. The molecule has 110 valence electrons. The molecule has 1 rings (SSSR count). The van der Waals surface area contributed by atoms with E-state index in [1.165, 1.54) is 6.92 Å². The Labute approximate surface area is 112 Å². The van der Waals surface area contributed by atoms with Crippen LogP contribution in [0, 0.1) is 0 Å².